The second-order valence-corrected chi connectivity index (χ2v) is 22.1. The molecule has 0 spiro atoms. The molecule has 2 atom stereocenters. The molecule has 0 aliphatic heterocycles. The zero-order chi connectivity index (χ0) is 52.2. The van der Waals surface area contributed by atoms with Crippen LogP contribution in [0.2, 0.25) is 0 Å². The van der Waals surface area contributed by atoms with Gasteiger partial charge in [0.1, 0.15) is 0 Å². The van der Waals surface area contributed by atoms with Crippen molar-refractivity contribution in [2.24, 2.45) is 0 Å². The molecule has 6 heteroatoms. The van der Waals surface area contributed by atoms with Gasteiger partial charge in [0.15, 0.2) is 0 Å². The fourth-order valence-corrected chi connectivity index (χ4v) is 9.92. The summed E-state index contributed by atoms with van der Waals surface area (Å²) in [6, 6.07) is -0.637. The van der Waals surface area contributed by atoms with Crippen LogP contribution in [0, 0.1) is 0 Å². The number of aliphatic hydroxyl groups excluding tert-OH is 2. The molecule has 0 fully saturated rings. The second kappa shape index (κ2) is 61.6. The Kier molecular flexibility index (Phi) is 60.0. The smallest absolute Gasteiger partial charge is 0.305 e. The number of hydrogen-bond acceptors (Lipinski definition) is 5. The summed E-state index contributed by atoms with van der Waals surface area (Å²) in [5.41, 5.74) is 0. The molecule has 0 radical (unpaired) electrons. The monoisotopic (exact) mass is 1010 g/mol. The van der Waals surface area contributed by atoms with Gasteiger partial charge in [-0.15, -0.1) is 0 Å². The molecule has 72 heavy (non-hydrogen) atoms. The van der Waals surface area contributed by atoms with Crippen LogP contribution in [0.4, 0.5) is 0 Å². The van der Waals surface area contributed by atoms with Crippen molar-refractivity contribution in [2.75, 3.05) is 13.2 Å². The van der Waals surface area contributed by atoms with E-state index >= 15 is 0 Å². The molecule has 6 nitrogen and oxygen atoms in total. The molecule has 1 amide bonds. The number of ether oxygens (including phenoxy) is 1. The van der Waals surface area contributed by atoms with Crippen molar-refractivity contribution < 1.29 is 24.5 Å². The van der Waals surface area contributed by atoms with Crippen molar-refractivity contribution in [3.8, 4) is 0 Å². The van der Waals surface area contributed by atoms with E-state index in [1.54, 1.807) is 6.08 Å². The summed E-state index contributed by atoms with van der Waals surface area (Å²) in [4.78, 5) is 24.5. The molecule has 2 unspecified atom stereocenters. The number of nitrogens with one attached hydrogen (secondary N) is 1. The minimum absolute atomic E-state index is 0.00664. The van der Waals surface area contributed by atoms with E-state index in [-0.39, 0.29) is 18.5 Å². The average molecular weight is 1010 g/mol. The fourth-order valence-electron chi connectivity index (χ4n) is 9.92. The third-order valence-electron chi connectivity index (χ3n) is 14.9. The largest absolute Gasteiger partial charge is 0.466 e. The van der Waals surface area contributed by atoms with E-state index in [1.165, 1.54) is 270 Å². The topological polar surface area (TPSA) is 95.9 Å². The molecule has 0 rings (SSSR count). The van der Waals surface area contributed by atoms with Crippen LogP contribution in [0.5, 0.6) is 0 Å². The van der Waals surface area contributed by atoms with Crippen molar-refractivity contribution in [1.29, 1.82) is 0 Å². The number of allylic oxidation sites excluding steroid dienone is 5. The number of unbranched alkanes of at least 4 members (excludes halogenated alkanes) is 45. The number of aliphatic hydroxyl groups is 2. The normalized spacial score (nSPS) is 12.8. The van der Waals surface area contributed by atoms with E-state index in [0.717, 1.165) is 51.4 Å². The summed E-state index contributed by atoms with van der Waals surface area (Å²) in [6.45, 7) is 4.89. The van der Waals surface area contributed by atoms with E-state index in [0.29, 0.717) is 19.4 Å². The Labute approximate surface area is 449 Å². The molecule has 0 bridgehead atoms. The zero-order valence-corrected chi connectivity index (χ0v) is 48.4. The molecule has 0 aromatic carbocycles. The maximum atomic E-state index is 12.5. The van der Waals surface area contributed by atoms with Crippen LogP contribution in [-0.4, -0.2) is 47.4 Å². The van der Waals surface area contributed by atoms with Gasteiger partial charge >= 0.3 is 5.97 Å². The predicted molar refractivity (Wildman–Crippen MR) is 315 cm³/mol. The first-order chi connectivity index (χ1) is 35.5. The fraction of sp³-hybridized carbons (Fsp3) is 0.879. The highest BCUT2D eigenvalue weighted by molar-refractivity contribution is 5.76. The Morgan fingerprint density at radius 2 is 0.653 bits per heavy atom. The minimum atomic E-state index is -0.852. The van der Waals surface area contributed by atoms with Gasteiger partial charge in [-0.1, -0.05) is 288 Å². The van der Waals surface area contributed by atoms with Gasteiger partial charge in [0, 0.05) is 12.8 Å². The number of amides is 1. The lowest BCUT2D eigenvalue weighted by molar-refractivity contribution is -0.143. The van der Waals surface area contributed by atoms with Crippen LogP contribution in [0.15, 0.2) is 36.5 Å². The van der Waals surface area contributed by atoms with Crippen molar-refractivity contribution in [2.45, 2.75) is 360 Å². The van der Waals surface area contributed by atoms with Gasteiger partial charge in [0.2, 0.25) is 5.91 Å². The van der Waals surface area contributed by atoms with Gasteiger partial charge < -0.3 is 20.3 Å². The first-order valence-electron chi connectivity index (χ1n) is 32.3. The van der Waals surface area contributed by atoms with Crippen LogP contribution in [0.3, 0.4) is 0 Å². The minimum Gasteiger partial charge on any atom is -0.466 e. The summed E-state index contributed by atoms with van der Waals surface area (Å²) in [6.07, 6.45) is 77.6. The van der Waals surface area contributed by atoms with Crippen LogP contribution >= 0.6 is 0 Å². The van der Waals surface area contributed by atoms with Crippen molar-refractivity contribution in [3.05, 3.63) is 36.5 Å². The van der Waals surface area contributed by atoms with E-state index < -0.39 is 12.1 Å². The third kappa shape index (κ3) is 57.4. The summed E-state index contributed by atoms with van der Waals surface area (Å²) >= 11 is 0. The lowest BCUT2D eigenvalue weighted by Gasteiger charge is -2.20. The summed E-state index contributed by atoms with van der Waals surface area (Å²) in [7, 11) is 0. The summed E-state index contributed by atoms with van der Waals surface area (Å²) in [5.74, 6) is -0.0814. The van der Waals surface area contributed by atoms with Gasteiger partial charge in [-0.25, -0.2) is 0 Å². The second-order valence-electron chi connectivity index (χ2n) is 22.1. The predicted octanol–water partition coefficient (Wildman–Crippen LogP) is 20.4. The van der Waals surface area contributed by atoms with Gasteiger partial charge in [-0.2, -0.15) is 0 Å². The van der Waals surface area contributed by atoms with Gasteiger partial charge in [-0.3, -0.25) is 9.59 Å². The standard InChI is InChI=1S/C66H125NO5/c1-3-5-7-9-11-13-15-17-18-19-20-21-22-23-24-26-29-32-35-38-42-46-50-54-58-64(69)63(62-68)67-65(70)59-55-51-47-43-39-36-33-30-27-25-28-31-34-37-41-45-49-53-57-61-72-66(71)60-56-52-48-44-40-16-14-12-10-8-6-4-2/h12,14,25,27,54,58,63-64,68-69H,3-11,13,15-24,26,28-53,55-57,59-62H2,1-2H3,(H,67,70)/b14-12-,27-25-,58-54+. The molecule has 0 aliphatic rings. The Hall–Kier alpha value is -1.92. The highest BCUT2D eigenvalue weighted by atomic mass is 16.5. The molecule has 0 saturated heterocycles. The first-order valence-corrected chi connectivity index (χ1v) is 32.3. The molecule has 0 aliphatic carbocycles. The van der Waals surface area contributed by atoms with Crippen LogP contribution in [0.1, 0.15) is 348 Å². The number of carbonyl (C=O) groups is 2. The van der Waals surface area contributed by atoms with E-state index in [2.05, 4.69) is 43.5 Å². The molecule has 3 N–H and O–H groups in total. The van der Waals surface area contributed by atoms with E-state index in [4.69, 9.17) is 4.74 Å². The van der Waals surface area contributed by atoms with Crippen molar-refractivity contribution in [3.63, 3.8) is 0 Å². The van der Waals surface area contributed by atoms with Crippen LogP contribution in [0.25, 0.3) is 0 Å². The van der Waals surface area contributed by atoms with Crippen molar-refractivity contribution >= 4 is 11.9 Å². The summed E-state index contributed by atoms with van der Waals surface area (Å²) < 4.78 is 5.46. The Morgan fingerprint density at radius 1 is 0.375 bits per heavy atom. The van der Waals surface area contributed by atoms with Gasteiger partial charge in [0.05, 0.1) is 25.4 Å². The maximum Gasteiger partial charge on any atom is 0.305 e. The molecule has 0 heterocycles. The number of carbonyl (C=O) groups excluding carboxylic acids is 2. The van der Waals surface area contributed by atoms with Crippen molar-refractivity contribution in [1.82, 2.24) is 5.32 Å². The Balaban J connectivity index is 3.48. The van der Waals surface area contributed by atoms with Gasteiger partial charge in [0.25, 0.3) is 0 Å². The SMILES string of the molecule is CCCCC/C=C\CCCCCCCC(=O)OCCCCCCCCCC/C=C\CCCCCCCCCC(=O)NC(CO)C(O)/C=C/CCCCCCCCCCCCCCCCCCCCCCCC. The number of esters is 1. The van der Waals surface area contributed by atoms with E-state index in [1.807, 2.05) is 6.08 Å². The number of hydrogen-bond donors (Lipinski definition) is 3. The Morgan fingerprint density at radius 3 is 1.01 bits per heavy atom. The highest BCUT2D eigenvalue weighted by Gasteiger charge is 2.18. The maximum absolute atomic E-state index is 12.5. The average Bonchev–Trinajstić information content (AvgIpc) is 3.38. The van der Waals surface area contributed by atoms with Crippen LogP contribution in [-0.2, 0) is 14.3 Å². The molecule has 424 valence electrons. The van der Waals surface area contributed by atoms with Gasteiger partial charge in [-0.05, 0) is 83.5 Å². The third-order valence-corrected chi connectivity index (χ3v) is 14.9. The molecule has 0 aromatic rings. The highest BCUT2D eigenvalue weighted by Crippen LogP contribution is 2.17. The quantitative estimate of drug-likeness (QED) is 0.0320. The molecule has 0 aromatic heterocycles. The molecular formula is C66H125NO5. The molecule has 0 saturated carbocycles. The van der Waals surface area contributed by atoms with E-state index in [9.17, 15) is 19.8 Å². The number of rotatable bonds is 60. The van der Waals surface area contributed by atoms with Crippen LogP contribution < -0.4 is 5.32 Å². The molecular weight excluding hydrogens is 887 g/mol. The Bertz CT molecular complexity index is 1170. The lowest BCUT2D eigenvalue weighted by atomic mass is 10.0. The lowest BCUT2D eigenvalue weighted by Crippen LogP contribution is -2.45. The summed E-state index contributed by atoms with van der Waals surface area (Å²) in [5, 5.41) is 23.2. The first kappa shape index (κ1) is 70.1. The zero-order valence-electron chi connectivity index (χ0n) is 48.4.